The maximum absolute atomic E-state index is 9.80. The van der Waals surface area contributed by atoms with Crippen molar-refractivity contribution >= 4 is 0 Å². The molecular formula is C16H25NO5. The normalized spacial score (nSPS) is 20.2. The average molecular weight is 311 g/mol. The van der Waals surface area contributed by atoms with Gasteiger partial charge >= 0.3 is 0 Å². The lowest BCUT2D eigenvalue weighted by molar-refractivity contribution is -0.0684. The minimum atomic E-state index is -0.0535. The van der Waals surface area contributed by atoms with Crippen LogP contribution in [0.2, 0.25) is 0 Å². The maximum Gasteiger partial charge on any atom is 0.188 e. The number of aliphatic hydroxyl groups excluding tert-OH is 1. The van der Waals surface area contributed by atoms with Crippen LogP contribution in [0.3, 0.4) is 0 Å². The molecule has 1 fully saturated rings. The van der Waals surface area contributed by atoms with Gasteiger partial charge in [0.1, 0.15) is 12.5 Å². The van der Waals surface area contributed by atoms with E-state index in [0.717, 1.165) is 30.8 Å². The van der Waals surface area contributed by atoms with Crippen molar-refractivity contribution in [2.75, 3.05) is 47.5 Å². The Morgan fingerprint density at radius 1 is 1.27 bits per heavy atom. The molecular weight excluding hydrogens is 286 g/mol. The van der Waals surface area contributed by atoms with Crippen LogP contribution in [0.5, 0.6) is 5.75 Å². The summed E-state index contributed by atoms with van der Waals surface area (Å²) >= 11 is 0. The van der Waals surface area contributed by atoms with Crippen LogP contribution in [0, 0.1) is 0 Å². The summed E-state index contributed by atoms with van der Waals surface area (Å²) in [5, 5.41) is 9.80. The van der Waals surface area contributed by atoms with E-state index in [1.165, 1.54) is 0 Å². The Balaban J connectivity index is 1.99. The van der Waals surface area contributed by atoms with Crippen molar-refractivity contribution in [3.05, 3.63) is 29.8 Å². The number of hydrogen-bond acceptors (Lipinski definition) is 6. The van der Waals surface area contributed by atoms with Crippen molar-refractivity contribution < 1.29 is 24.1 Å². The van der Waals surface area contributed by atoms with Crippen molar-refractivity contribution in [3.8, 4) is 5.75 Å². The van der Waals surface area contributed by atoms with Gasteiger partial charge in [0, 0.05) is 27.3 Å². The van der Waals surface area contributed by atoms with Gasteiger partial charge in [-0.25, -0.2) is 0 Å². The standard InChI is InChI=1S/C16H25NO5/c1-19-11-21-14-5-3-4-13(8-14)16(10-18)17-7-6-15(9-17)22-12-20-2/h3-5,8,15-16,18H,6-7,9-12H2,1-2H3. The molecule has 0 bridgehead atoms. The molecule has 0 amide bonds. The van der Waals surface area contributed by atoms with E-state index in [-0.39, 0.29) is 25.5 Å². The lowest BCUT2D eigenvalue weighted by atomic mass is 10.1. The summed E-state index contributed by atoms with van der Waals surface area (Å²) in [6, 6.07) is 7.71. The maximum atomic E-state index is 9.80. The largest absolute Gasteiger partial charge is 0.468 e. The molecule has 0 spiro atoms. The fourth-order valence-electron chi connectivity index (χ4n) is 2.71. The molecule has 6 nitrogen and oxygen atoms in total. The number of aliphatic hydroxyl groups is 1. The Kier molecular flexibility index (Phi) is 7.08. The van der Waals surface area contributed by atoms with Crippen LogP contribution in [0.1, 0.15) is 18.0 Å². The van der Waals surface area contributed by atoms with Gasteiger partial charge in [-0.05, 0) is 24.1 Å². The average Bonchev–Trinajstić information content (AvgIpc) is 3.01. The smallest absolute Gasteiger partial charge is 0.188 e. The van der Waals surface area contributed by atoms with E-state index >= 15 is 0 Å². The molecule has 1 aromatic rings. The first-order chi connectivity index (χ1) is 10.8. The van der Waals surface area contributed by atoms with E-state index in [1.807, 2.05) is 24.3 Å². The van der Waals surface area contributed by atoms with E-state index in [9.17, 15) is 5.11 Å². The van der Waals surface area contributed by atoms with Gasteiger partial charge in [0.25, 0.3) is 0 Å². The van der Waals surface area contributed by atoms with Gasteiger partial charge in [0.05, 0.1) is 18.8 Å². The molecule has 0 radical (unpaired) electrons. The zero-order chi connectivity index (χ0) is 15.8. The second kappa shape index (κ2) is 9.07. The zero-order valence-corrected chi connectivity index (χ0v) is 13.2. The van der Waals surface area contributed by atoms with Gasteiger partial charge in [-0.15, -0.1) is 0 Å². The summed E-state index contributed by atoms with van der Waals surface area (Å²) in [4.78, 5) is 2.23. The van der Waals surface area contributed by atoms with Gasteiger partial charge in [-0.1, -0.05) is 12.1 Å². The first-order valence-corrected chi connectivity index (χ1v) is 7.45. The predicted molar refractivity (Wildman–Crippen MR) is 81.7 cm³/mol. The fourth-order valence-corrected chi connectivity index (χ4v) is 2.71. The molecule has 1 heterocycles. The number of methoxy groups -OCH3 is 2. The Morgan fingerprint density at radius 3 is 2.82 bits per heavy atom. The van der Waals surface area contributed by atoms with Crippen molar-refractivity contribution in [2.24, 2.45) is 0 Å². The van der Waals surface area contributed by atoms with Gasteiger partial charge in [-0.2, -0.15) is 0 Å². The lowest BCUT2D eigenvalue weighted by Crippen LogP contribution is -2.30. The Hall–Kier alpha value is -1.18. The number of ether oxygens (including phenoxy) is 4. The minimum Gasteiger partial charge on any atom is -0.468 e. The molecule has 2 atom stereocenters. The first kappa shape index (κ1) is 17.2. The zero-order valence-electron chi connectivity index (χ0n) is 13.2. The van der Waals surface area contributed by atoms with E-state index < -0.39 is 0 Å². The minimum absolute atomic E-state index is 0.0535. The summed E-state index contributed by atoms with van der Waals surface area (Å²) in [6.45, 7) is 2.26. The van der Waals surface area contributed by atoms with Crippen LogP contribution >= 0.6 is 0 Å². The molecule has 1 aliphatic rings. The molecule has 0 aromatic heterocycles. The molecule has 1 saturated heterocycles. The van der Waals surface area contributed by atoms with Crippen LogP contribution in [-0.4, -0.2) is 63.6 Å². The third-order valence-corrected chi connectivity index (χ3v) is 3.80. The molecule has 6 heteroatoms. The summed E-state index contributed by atoms with van der Waals surface area (Å²) in [5.41, 5.74) is 1.03. The Morgan fingerprint density at radius 2 is 2.09 bits per heavy atom. The monoisotopic (exact) mass is 311 g/mol. The van der Waals surface area contributed by atoms with Gasteiger partial charge < -0.3 is 24.1 Å². The van der Waals surface area contributed by atoms with Crippen LogP contribution in [0.4, 0.5) is 0 Å². The molecule has 1 aromatic carbocycles. The van der Waals surface area contributed by atoms with E-state index in [1.54, 1.807) is 14.2 Å². The highest BCUT2D eigenvalue weighted by Gasteiger charge is 2.29. The Bertz CT molecular complexity index is 442. The summed E-state index contributed by atoms with van der Waals surface area (Å²) in [6.07, 6.45) is 1.10. The number of benzene rings is 1. The number of hydrogen-bond donors (Lipinski definition) is 1. The first-order valence-electron chi connectivity index (χ1n) is 7.45. The van der Waals surface area contributed by atoms with E-state index in [2.05, 4.69) is 4.90 Å². The third kappa shape index (κ3) is 4.66. The topological polar surface area (TPSA) is 60.4 Å². The molecule has 22 heavy (non-hydrogen) atoms. The SMILES string of the molecule is COCOc1cccc(C(CO)N2CCC(OCOC)C2)c1. The second-order valence-electron chi connectivity index (χ2n) is 5.30. The summed E-state index contributed by atoms with van der Waals surface area (Å²) in [7, 11) is 3.21. The molecule has 1 aliphatic heterocycles. The highest BCUT2D eigenvalue weighted by atomic mass is 16.7. The quantitative estimate of drug-likeness (QED) is 0.696. The lowest BCUT2D eigenvalue weighted by Gasteiger charge is -2.26. The van der Waals surface area contributed by atoms with Crippen molar-refractivity contribution in [2.45, 2.75) is 18.6 Å². The molecule has 124 valence electrons. The van der Waals surface area contributed by atoms with E-state index in [4.69, 9.17) is 18.9 Å². The molecule has 0 saturated carbocycles. The highest BCUT2D eigenvalue weighted by molar-refractivity contribution is 5.30. The molecule has 2 rings (SSSR count). The van der Waals surface area contributed by atoms with Gasteiger partial charge in [0.15, 0.2) is 6.79 Å². The van der Waals surface area contributed by atoms with Crippen LogP contribution in [0.15, 0.2) is 24.3 Å². The van der Waals surface area contributed by atoms with Crippen LogP contribution < -0.4 is 4.74 Å². The second-order valence-corrected chi connectivity index (χ2v) is 5.30. The Labute approximate surface area is 131 Å². The van der Waals surface area contributed by atoms with E-state index in [0.29, 0.717) is 6.79 Å². The van der Waals surface area contributed by atoms with Crippen molar-refractivity contribution in [1.82, 2.24) is 4.90 Å². The molecule has 2 unspecified atom stereocenters. The predicted octanol–water partition coefficient (Wildman–Crippen LogP) is 1.40. The number of rotatable bonds is 9. The summed E-state index contributed by atoms with van der Waals surface area (Å²) in [5.74, 6) is 0.740. The fraction of sp³-hybridized carbons (Fsp3) is 0.625. The highest BCUT2D eigenvalue weighted by Crippen LogP contribution is 2.28. The number of likely N-dealkylation sites (tertiary alicyclic amines) is 1. The van der Waals surface area contributed by atoms with Gasteiger partial charge in [-0.3, -0.25) is 4.90 Å². The van der Waals surface area contributed by atoms with Crippen molar-refractivity contribution in [3.63, 3.8) is 0 Å². The third-order valence-electron chi connectivity index (χ3n) is 3.80. The molecule has 1 N–H and O–H groups in total. The number of nitrogens with zero attached hydrogens (tertiary/aromatic N) is 1. The molecule has 0 aliphatic carbocycles. The van der Waals surface area contributed by atoms with Crippen molar-refractivity contribution in [1.29, 1.82) is 0 Å². The van der Waals surface area contributed by atoms with Gasteiger partial charge in [0.2, 0.25) is 0 Å². The van der Waals surface area contributed by atoms with Crippen LogP contribution in [0.25, 0.3) is 0 Å². The summed E-state index contributed by atoms with van der Waals surface area (Å²) < 4.78 is 20.9. The van der Waals surface area contributed by atoms with Crippen LogP contribution in [-0.2, 0) is 14.2 Å².